The summed E-state index contributed by atoms with van der Waals surface area (Å²) in [6.07, 6.45) is 6.30. The van der Waals surface area contributed by atoms with E-state index in [1.54, 1.807) is 18.2 Å². The molecule has 0 aromatic heterocycles. The first kappa shape index (κ1) is 15.5. The van der Waals surface area contributed by atoms with Crippen LogP contribution in [0.5, 0.6) is 0 Å². The van der Waals surface area contributed by atoms with E-state index >= 15 is 0 Å². The third kappa shape index (κ3) is 4.88. The quantitative estimate of drug-likeness (QED) is 0.843. The molecule has 0 radical (unpaired) electrons. The second kappa shape index (κ2) is 7.81. The van der Waals surface area contributed by atoms with Crippen molar-refractivity contribution in [2.24, 2.45) is 5.92 Å². The highest BCUT2D eigenvalue weighted by molar-refractivity contribution is 5.97. The normalized spacial score (nSPS) is 14.9. The molecule has 21 heavy (non-hydrogen) atoms. The summed E-state index contributed by atoms with van der Waals surface area (Å²) in [4.78, 5) is 23.9. The summed E-state index contributed by atoms with van der Waals surface area (Å²) in [5, 5.41) is 5.74. The van der Waals surface area contributed by atoms with Crippen LogP contribution in [0.25, 0.3) is 0 Å². The maximum atomic E-state index is 12.0. The van der Waals surface area contributed by atoms with Gasteiger partial charge in [-0.15, -0.1) is 0 Å². The molecule has 0 aliphatic heterocycles. The zero-order valence-electron chi connectivity index (χ0n) is 12.7. The zero-order chi connectivity index (χ0) is 15.1. The Morgan fingerprint density at radius 2 is 2.00 bits per heavy atom. The van der Waals surface area contributed by atoms with E-state index in [2.05, 4.69) is 10.6 Å². The molecule has 4 heteroatoms. The molecular weight excluding hydrogens is 264 g/mol. The number of carbonyl (C=O) groups is 2. The largest absolute Gasteiger partial charge is 0.352 e. The first-order valence-electron chi connectivity index (χ1n) is 7.87. The fourth-order valence-electron chi connectivity index (χ4n) is 2.77. The van der Waals surface area contributed by atoms with Crippen LogP contribution in [0.1, 0.15) is 55.8 Å². The monoisotopic (exact) mass is 288 g/mol. The molecule has 0 saturated heterocycles. The summed E-state index contributed by atoms with van der Waals surface area (Å²) >= 11 is 0. The van der Waals surface area contributed by atoms with Gasteiger partial charge in [0, 0.05) is 24.2 Å². The molecule has 114 valence electrons. The third-order valence-electron chi connectivity index (χ3n) is 3.89. The van der Waals surface area contributed by atoms with Crippen LogP contribution < -0.4 is 10.6 Å². The van der Waals surface area contributed by atoms with E-state index in [1.165, 1.54) is 12.8 Å². The molecule has 2 amide bonds. The molecule has 0 spiro atoms. The topological polar surface area (TPSA) is 58.2 Å². The number of carbonyl (C=O) groups excluding carboxylic acids is 2. The molecule has 2 rings (SSSR count). The molecule has 1 saturated carbocycles. The summed E-state index contributed by atoms with van der Waals surface area (Å²) < 4.78 is 0. The first-order chi connectivity index (χ1) is 10.2. The van der Waals surface area contributed by atoms with Crippen LogP contribution in [0.15, 0.2) is 24.3 Å². The minimum absolute atomic E-state index is 0.0491. The average molecular weight is 288 g/mol. The molecular formula is C17H24N2O2. The lowest BCUT2D eigenvalue weighted by molar-refractivity contribution is -0.117. The summed E-state index contributed by atoms with van der Waals surface area (Å²) in [6.45, 7) is 2.68. The number of anilines is 1. The molecule has 1 aromatic carbocycles. The average Bonchev–Trinajstić information content (AvgIpc) is 2.97. The van der Waals surface area contributed by atoms with Crippen molar-refractivity contribution in [3.63, 3.8) is 0 Å². The Labute approximate surface area is 126 Å². The lowest BCUT2D eigenvalue weighted by Crippen LogP contribution is -2.24. The minimum atomic E-state index is -0.0938. The fourth-order valence-corrected chi connectivity index (χ4v) is 2.77. The van der Waals surface area contributed by atoms with E-state index in [4.69, 9.17) is 0 Å². The van der Waals surface area contributed by atoms with Gasteiger partial charge in [0.1, 0.15) is 0 Å². The summed E-state index contributed by atoms with van der Waals surface area (Å²) in [5.74, 6) is 0.484. The van der Waals surface area contributed by atoms with Gasteiger partial charge in [-0.1, -0.05) is 25.8 Å². The number of hydrogen-bond acceptors (Lipinski definition) is 2. The SMILES string of the molecule is CCCNC(=O)c1cccc(NC(=O)CC2CCCC2)c1. The van der Waals surface area contributed by atoms with Crippen LogP contribution >= 0.6 is 0 Å². The number of benzene rings is 1. The van der Waals surface area contributed by atoms with Gasteiger partial charge in [0.2, 0.25) is 5.91 Å². The summed E-state index contributed by atoms with van der Waals surface area (Å²) in [5.41, 5.74) is 1.28. The Hall–Kier alpha value is -1.84. The van der Waals surface area contributed by atoms with Crippen LogP contribution in [0.2, 0.25) is 0 Å². The summed E-state index contributed by atoms with van der Waals surface area (Å²) in [7, 11) is 0. The van der Waals surface area contributed by atoms with Gasteiger partial charge >= 0.3 is 0 Å². The van der Waals surface area contributed by atoms with E-state index < -0.39 is 0 Å². The zero-order valence-corrected chi connectivity index (χ0v) is 12.7. The van der Waals surface area contributed by atoms with Gasteiger partial charge in [0.15, 0.2) is 0 Å². The van der Waals surface area contributed by atoms with Crippen molar-refractivity contribution in [1.29, 1.82) is 0 Å². The van der Waals surface area contributed by atoms with E-state index in [1.807, 2.05) is 13.0 Å². The highest BCUT2D eigenvalue weighted by atomic mass is 16.2. The Morgan fingerprint density at radius 3 is 2.71 bits per heavy atom. The van der Waals surface area contributed by atoms with E-state index in [0.29, 0.717) is 30.1 Å². The van der Waals surface area contributed by atoms with Crippen LogP contribution in [0, 0.1) is 5.92 Å². The minimum Gasteiger partial charge on any atom is -0.352 e. The predicted molar refractivity (Wildman–Crippen MR) is 84.3 cm³/mol. The molecule has 0 heterocycles. The van der Waals surface area contributed by atoms with Crippen LogP contribution in [0.3, 0.4) is 0 Å². The van der Waals surface area contributed by atoms with E-state index in [9.17, 15) is 9.59 Å². The molecule has 2 N–H and O–H groups in total. The first-order valence-corrected chi connectivity index (χ1v) is 7.87. The number of nitrogens with one attached hydrogen (secondary N) is 2. The van der Waals surface area contributed by atoms with Crippen LogP contribution in [-0.2, 0) is 4.79 Å². The Balaban J connectivity index is 1.90. The molecule has 1 aliphatic carbocycles. The van der Waals surface area contributed by atoms with E-state index in [-0.39, 0.29) is 11.8 Å². The van der Waals surface area contributed by atoms with Gasteiger partial charge in [0.25, 0.3) is 5.91 Å². The molecule has 1 aromatic rings. The molecule has 0 unspecified atom stereocenters. The maximum absolute atomic E-state index is 12.0. The van der Waals surface area contributed by atoms with Crippen molar-refractivity contribution in [1.82, 2.24) is 5.32 Å². The molecule has 0 atom stereocenters. The fraction of sp³-hybridized carbons (Fsp3) is 0.529. The van der Waals surface area contributed by atoms with Crippen LogP contribution in [0.4, 0.5) is 5.69 Å². The van der Waals surface area contributed by atoms with Gasteiger partial charge in [0.05, 0.1) is 0 Å². The highest BCUT2D eigenvalue weighted by Gasteiger charge is 2.18. The Kier molecular flexibility index (Phi) is 5.78. The van der Waals surface area contributed by atoms with Crippen molar-refractivity contribution in [2.45, 2.75) is 45.4 Å². The number of rotatable bonds is 6. The molecule has 4 nitrogen and oxygen atoms in total. The van der Waals surface area contributed by atoms with Gasteiger partial charge in [-0.05, 0) is 43.4 Å². The predicted octanol–water partition coefficient (Wildman–Crippen LogP) is 3.35. The van der Waals surface area contributed by atoms with Crippen molar-refractivity contribution in [2.75, 3.05) is 11.9 Å². The smallest absolute Gasteiger partial charge is 0.251 e. The molecule has 1 aliphatic rings. The van der Waals surface area contributed by atoms with Crippen molar-refractivity contribution in [3.8, 4) is 0 Å². The lowest BCUT2D eigenvalue weighted by Gasteiger charge is -2.10. The Bertz CT molecular complexity index is 493. The standard InChI is InChI=1S/C17H24N2O2/c1-2-10-18-17(21)14-8-5-9-15(12-14)19-16(20)11-13-6-3-4-7-13/h5,8-9,12-13H,2-4,6-7,10-11H2,1H3,(H,18,21)(H,19,20). The molecule has 1 fully saturated rings. The van der Waals surface area contributed by atoms with Crippen molar-refractivity contribution >= 4 is 17.5 Å². The van der Waals surface area contributed by atoms with E-state index in [0.717, 1.165) is 19.3 Å². The van der Waals surface area contributed by atoms with Gasteiger partial charge < -0.3 is 10.6 Å². The number of hydrogen-bond donors (Lipinski definition) is 2. The molecule has 0 bridgehead atoms. The van der Waals surface area contributed by atoms with Crippen molar-refractivity contribution < 1.29 is 9.59 Å². The van der Waals surface area contributed by atoms with Gasteiger partial charge in [-0.3, -0.25) is 9.59 Å². The number of amides is 2. The van der Waals surface area contributed by atoms with Gasteiger partial charge in [-0.2, -0.15) is 0 Å². The van der Waals surface area contributed by atoms with Crippen molar-refractivity contribution in [3.05, 3.63) is 29.8 Å². The van der Waals surface area contributed by atoms with Gasteiger partial charge in [-0.25, -0.2) is 0 Å². The maximum Gasteiger partial charge on any atom is 0.251 e. The Morgan fingerprint density at radius 1 is 1.24 bits per heavy atom. The second-order valence-electron chi connectivity index (χ2n) is 5.74. The van der Waals surface area contributed by atoms with Crippen LogP contribution in [-0.4, -0.2) is 18.4 Å². The summed E-state index contributed by atoms with van der Waals surface area (Å²) in [6, 6.07) is 7.12. The second-order valence-corrected chi connectivity index (χ2v) is 5.74. The highest BCUT2D eigenvalue weighted by Crippen LogP contribution is 2.27. The third-order valence-corrected chi connectivity index (χ3v) is 3.89. The lowest BCUT2D eigenvalue weighted by atomic mass is 10.0.